The molecule has 1 aromatic carbocycles. The molecule has 2 unspecified atom stereocenters. The number of benzene rings is 1. The van der Waals surface area contributed by atoms with E-state index in [2.05, 4.69) is 0 Å². The van der Waals surface area contributed by atoms with Crippen LogP contribution in [0, 0.1) is 23.0 Å². The first-order valence-corrected chi connectivity index (χ1v) is 6.70. The Bertz CT molecular complexity index is 540. The third-order valence-electron chi connectivity index (χ3n) is 4.77. The fourth-order valence-electron chi connectivity index (χ4n) is 3.19. The molecule has 0 aliphatic heterocycles. The molecule has 0 spiro atoms. The summed E-state index contributed by atoms with van der Waals surface area (Å²) in [6.07, 6.45) is -4.22. The number of methoxy groups -OCH3 is 1. The zero-order chi connectivity index (χ0) is 16.0. The van der Waals surface area contributed by atoms with Gasteiger partial charge in [-0.2, -0.15) is 17.6 Å². The van der Waals surface area contributed by atoms with Crippen LogP contribution in [0.2, 0.25) is 0 Å². The quantitative estimate of drug-likeness (QED) is 0.694. The largest absolute Gasteiger partial charge is 0.493 e. The third kappa shape index (κ3) is 2.49. The van der Waals surface area contributed by atoms with Gasteiger partial charge in [-0.25, -0.2) is 4.39 Å². The Labute approximate surface area is 120 Å². The van der Waals surface area contributed by atoms with Crippen molar-refractivity contribution in [1.82, 2.24) is 0 Å². The Kier molecular flexibility index (Phi) is 3.93. The summed E-state index contributed by atoms with van der Waals surface area (Å²) in [7, 11) is 1.18. The first-order valence-electron chi connectivity index (χ1n) is 6.70. The topological polar surface area (TPSA) is 9.23 Å². The fourth-order valence-corrected chi connectivity index (χ4v) is 3.19. The number of hydrogen-bond acceptors (Lipinski definition) is 1. The summed E-state index contributed by atoms with van der Waals surface area (Å²) in [6.45, 7) is 2.73. The third-order valence-corrected chi connectivity index (χ3v) is 4.77. The summed E-state index contributed by atoms with van der Waals surface area (Å²) in [5.74, 6) is -3.61. The van der Waals surface area contributed by atoms with Crippen LogP contribution >= 0.6 is 0 Å². The van der Waals surface area contributed by atoms with E-state index in [9.17, 15) is 22.0 Å². The van der Waals surface area contributed by atoms with E-state index < -0.39 is 35.1 Å². The van der Waals surface area contributed by atoms with Gasteiger partial charge in [0.2, 0.25) is 5.82 Å². The second kappa shape index (κ2) is 5.14. The maximum Gasteiger partial charge on any atom is 0.394 e. The van der Waals surface area contributed by atoms with Gasteiger partial charge in [0, 0.05) is 5.56 Å². The van der Waals surface area contributed by atoms with Crippen molar-refractivity contribution in [1.29, 1.82) is 0 Å². The van der Waals surface area contributed by atoms with E-state index in [1.165, 1.54) is 20.1 Å². The molecule has 0 aromatic heterocycles. The molecule has 118 valence electrons. The molecular formula is C15H17F5O. The molecule has 0 N–H and O–H groups in total. The van der Waals surface area contributed by atoms with E-state index in [0.717, 1.165) is 6.07 Å². The smallest absolute Gasteiger partial charge is 0.394 e. The zero-order valence-electron chi connectivity index (χ0n) is 12.0. The van der Waals surface area contributed by atoms with Gasteiger partial charge in [0.25, 0.3) is 0 Å². The second-order valence-corrected chi connectivity index (χ2v) is 5.94. The lowest BCUT2D eigenvalue weighted by Crippen LogP contribution is -2.37. The number of alkyl halides is 3. The Morgan fingerprint density at radius 2 is 1.86 bits per heavy atom. The van der Waals surface area contributed by atoms with Gasteiger partial charge in [-0.3, -0.25) is 0 Å². The van der Waals surface area contributed by atoms with Gasteiger partial charge in [0.15, 0.2) is 11.6 Å². The summed E-state index contributed by atoms with van der Waals surface area (Å²) in [4.78, 5) is 0. The minimum Gasteiger partial charge on any atom is -0.493 e. The Morgan fingerprint density at radius 3 is 2.33 bits per heavy atom. The molecule has 1 aromatic rings. The van der Waals surface area contributed by atoms with Gasteiger partial charge in [-0.1, -0.05) is 19.9 Å². The van der Waals surface area contributed by atoms with Crippen LogP contribution in [-0.4, -0.2) is 13.3 Å². The van der Waals surface area contributed by atoms with Crippen LogP contribution in [0.3, 0.4) is 0 Å². The minimum atomic E-state index is -4.33. The predicted octanol–water partition coefficient (Wildman–Crippen LogP) is 5.06. The highest BCUT2D eigenvalue weighted by atomic mass is 19.4. The Morgan fingerprint density at radius 1 is 1.24 bits per heavy atom. The molecule has 0 bridgehead atoms. The summed E-state index contributed by atoms with van der Waals surface area (Å²) in [5.41, 5.74) is -1.52. The molecule has 6 heteroatoms. The number of rotatable bonds is 2. The molecule has 2 rings (SSSR count). The molecule has 0 saturated heterocycles. The van der Waals surface area contributed by atoms with Crippen LogP contribution in [0.4, 0.5) is 22.0 Å². The molecule has 0 amide bonds. The number of ether oxygens (including phenoxy) is 1. The molecule has 1 saturated carbocycles. The average molecular weight is 308 g/mol. The molecule has 1 aliphatic carbocycles. The molecule has 1 nitrogen and oxygen atoms in total. The van der Waals surface area contributed by atoms with Crippen LogP contribution in [0.5, 0.6) is 5.75 Å². The highest BCUT2D eigenvalue weighted by molar-refractivity contribution is 5.39. The van der Waals surface area contributed by atoms with Crippen LogP contribution < -0.4 is 4.74 Å². The second-order valence-electron chi connectivity index (χ2n) is 5.94. The van der Waals surface area contributed by atoms with Gasteiger partial charge in [0.1, 0.15) is 0 Å². The Balaban J connectivity index is 2.41. The number of halogens is 5. The van der Waals surface area contributed by atoms with E-state index >= 15 is 0 Å². The molecule has 1 fully saturated rings. The minimum absolute atomic E-state index is 0.154. The highest BCUT2D eigenvalue weighted by Crippen LogP contribution is 2.59. The molecule has 3 atom stereocenters. The monoisotopic (exact) mass is 308 g/mol. The molecular weight excluding hydrogens is 291 g/mol. The van der Waals surface area contributed by atoms with E-state index in [1.807, 2.05) is 0 Å². The van der Waals surface area contributed by atoms with Crippen LogP contribution in [-0.2, 0) is 0 Å². The number of hydrogen-bond donors (Lipinski definition) is 0. The lowest BCUT2D eigenvalue weighted by atomic mass is 9.80. The maximum absolute atomic E-state index is 13.7. The lowest BCUT2D eigenvalue weighted by molar-refractivity contribution is -0.228. The fraction of sp³-hybridized carbons (Fsp3) is 0.600. The van der Waals surface area contributed by atoms with E-state index in [1.54, 1.807) is 6.92 Å². The van der Waals surface area contributed by atoms with Crippen LogP contribution in [0.25, 0.3) is 0 Å². The zero-order valence-corrected chi connectivity index (χ0v) is 12.0. The summed E-state index contributed by atoms with van der Waals surface area (Å²) in [6, 6.07) is 2.25. The van der Waals surface area contributed by atoms with Crippen molar-refractivity contribution in [2.75, 3.05) is 7.11 Å². The lowest BCUT2D eigenvalue weighted by Gasteiger charge is -2.31. The van der Waals surface area contributed by atoms with Crippen molar-refractivity contribution in [3.63, 3.8) is 0 Å². The first kappa shape index (κ1) is 16.0. The maximum atomic E-state index is 13.7. The van der Waals surface area contributed by atoms with Crippen molar-refractivity contribution < 1.29 is 26.7 Å². The Hall–Kier alpha value is -1.33. The van der Waals surface area contributed by atoms with Crippen molar-refractivity contribution in [3.8, 4) is 5.75 Å². The normalized spacial score (nSPS) is 29.7. The molecule has 21 heavy (non-hydrogen) atoms. The van der Waals surface area contributed by atoms with Crippen molar-refractivity contribution in [2.45, 2.75) is 38.8 Å². The van der Waals surface area contributed by atoms with Gasteiger partial charge in [0.05, 0.1) is 12.5 Å². The highest BCUT2D eigenvalue weighted by Gasteiger charge is 2.59. The van der Waals surface area contributed by atoms with Gasteiger partial charge < -0.3 is 4.74 Å². The van der Waals surface area contributed by atoms with E-state index in [-0.39, 0.29) is 18.6 Å². The summed E-state index contributed by atoms with van der Waals surface area (Å²) >= 11 is 0. The standard InChI is InChI=1S/C15H17F5O/c1-8-6-9(7-14(8,2)15(18,19)20)10-4-5-11(16)12(17)13(10)21-3/h4-5,8-9H,6-7H2,1-3H3/t8?,9?,14-/m1/s1. The van der Waals surface area contributed by atoms with Gasteiger partial charge in [-0.15, -0.1) is 0 Å². The molecule has 1 aliphatic rings. The van der Waals surface area contributed by atoms with Crippen molar-refractivity contribution in [3.05, 3.63) is 29.3 Å². The van der Waals surface area contributed by atoms with Crippen molar-refractivity contribution in [2.24, 2.45) is 11.3 Å². The van der Waals surface area contributed by atoms with Gasteiger partial charge in [-0.05, 0) is 30.7 Å². The SMILES string of the molecule is COc1c(C2CC(C)[C@](C)(C(F)(F)F)C2)ccc(F)c1F. The molecule has 0 heterocycles. The average Bonchev–Trinajstić information content (AvgIpc) is 2.69. The van der Waals surface area contributed by atoms with E-state index in [4.69, 9.17) is 4.74 Å². The summed E-state index contributed by atoms with van der Waals surface area (Å²) < 4.78 is 71.5. The van der Waals surface area contributed by atoms with Crippen molar-refractivity contribution >= 4 is 0 Å². The van der Waals surface area contributed by atoms with Crippen LogP contribution in [0.1, 0.15) is 38.2 Å². The molecule has 0 radical (unpaired) electrons. The van der Waals surface area contributed by atoms with E-state index in [0.29, 0.717) is 5.56 Å². The first-order chi connectivity index (χ1) is 9.61. The van der Waals surface area contributed by atoms with Crippen LogP contribution in [0.15, 0.2) is 12.1 Å². The van der Waals surface area contributed by atoms with Gasteiger partial charge >= 0.3 is 6.18 Å². The predicted molar refractivity (Wildman–Crippen MR) is 68.2 cm³/mol. The summed E-state index contributed by atoms with van der Waals surface area (Å²) in [5, 5.41) is 0.